The average molecular weight is 382 g/mol. The van der Waals surface area contributed by atoms with E-state index < -0.39 is 0 Å². The van der Waals surface area contributed by atoms with E-state index in [4.69, 9.17) is 0 Å². The topological polar surface area (TPSA) is 78.1 Å². The van der Waals surface area contributed by atoms with Gasteiger partial charge in [-0.15, -0.1) is 0 Å². The van der Waals surface area contributed by atoms with Crippen LogP contribution in [0.2, 0.25) is 0 Å². The van der Waals surface area contributed by atoms with Gasteiger partial charge in [0.1, 0.15) is 0 Å². The molecule has 0 radical (unpaired) electrons. The highest BCUT2D eigenvalue weighted by molar-refractivity contribution is 7.99. The number of carbonyl (C=O) groups is 1. The molecule has 0 aliphatic carbocycles. The summed E-state index contributed by atoms with van der Waals surface area (Å²) in [6.07, 6.45) is 0. The molecule has 0 aliphatic rings. The Balaban J connectivity index is 1.76. The van der Waals surface area contributed by atoms with Gasteiger partial charge in [-0.2, -0.15) is 16.9 Å². The van der Waals surface area contributed by atoms with Crippen molar-refractivity contribution in [2.24, 2.45) is 0 Å². The van der Waals surface area contributed by atoms with Crippen LogP contribution in [0.4, 0.5) is 5.69 Å². The van der Waals surface area contributed by atoms with Crippen LogP contribution in [0, 0.1) is 0 Å². The molecule has 0 saturated carbocycles. The molecule has 140 valence electrons. The van der Waals surface area contributed by atoms with Crippen LogP contribution in [0.1, 0.15) is 0 Å². The zero-order valence-electron chi connectivity index (χ0n) is 15.4. The summed E-state index contributed by atoms with van der Waals surface area (Å²) in [6.45, 7) is 0.943. The molecule has 0 fully saturated rings. The summed E-state index contributed by atoms with van der Waals surface area (Å²) in [5, 5.41) is 11.1. The van der Waals surface area contributed by atoms with Gasteiger partial charge in [0.25, 0.3) is 5.56 Å². The highest BCUT2D eigenvalue weighted by atomic mass is 32.2. The lowest BCUT2D eigenvalue weighted by Gasteiger charge is -2.10. The van der Waals surface area contributed by atoms with Crippen molar-refractivity contribution in [1.29, 1.82) is 0 Å². The fourth-order valence-corrected chi connectivity index (χ4v) is 3.58. The van der Waals surface area contributed by atoms with Crippen LogP contribution >= 0.6 is 11.8 Å². The van der Waals surface area contributed by atoms with E-state index in [1.54, 1.807) is 17.8 Å². The lowest BCUT2D eigenvalue weighted by Crippen LogP contribution is -2.18. The van der Waals surface area contributed by atoms with E-state index in [1.807, 2.05) is 56.6 Å². The second kappa shape index (κ2) is 8.83. The second-order valence-electron chi connectivity index (χ2n) is 6.43. The highest BCUT2D eigenvalue weighted by Gasteiger charge is 2.10. The summed E-state index contributed by atoms with van der Waals surface area (Å²) in [5.41, 5.74) is 2.01. The lowest BCUT2D eigenvalue weighted by molar-refractivity contribution is -0.113. The van der Waals surface area contributed by atoms with Crippen molar-refractivity contribution in [3.63, 3.8) is 0 Å². The normalized spacial score (nSPS) is 11.1. The van der Waals surface area contributed by atoms with Gasteiger partial charge < -0.3 is 10.2 Å². The average Bonchev–Trinajstić information content (AvgIpc) is 2.66. The summed E-state index contributed by atoms with van der Waals surface area (Å²) < 4.78 is 0. The number of hydrogen-bond donors (Lipinski definition) is 2. The van der Waals surface area contributed by atoms with Gasteiger partial charge in [0.2, 0.25) is 5.91 Å². The van der Waals surface area contributed by atoms with Crippen molar-refractivity contribution in [3.05, 3.63) is 58.9 Å². The van der Waals surface area contributed by atoms with Crippen molar-refractivity contribution >= 4 is 34.1 Å². The summed E-state index contributed by atoms with van der Waals surface area (Å²) in [7, 11) is 4.03. The molecule has 6 nitrogen and oxygen atoms in total. The van der Waals surface area contributed by atoms with Crippen LogP contribution in [0.25, 0.3) is 22.0 Å². The molecule has 2 N–H and O–H groups in total. The molecule has 1 aromatic heterocycles. The van der Waals surface area contributed by atoms with Crippen molar-refractivity contribution in [2.45, 2.75) is 0 Å². The number of thioether (sulfide) groups is 1. The maximum Gasteiger partial charge on any atom is 0.272 e. The number of aromatic amines is 1. The number of amides is 1. The Hall–Kier alpha value is -2.64. The van der Waals surface area contributed by atoms with E-state index in [2.05, 4.69) is 20.4 Å². The first-order valence-corrected chi connectivity index (χ1v) is 9.80. The standard InChI is InChI=1S/C20H22N4O2S/c1-24(2)10-11-27-13-18(25)21-15-7-5-6-14(12-15)19-16-8-3-4-9-17(16)20(26)23-22-19/h3-9,12H,10-11,13H2,1-2H3,(H,21,25)(H,23,26). The van der Waals surface area contributed by atoms with Crippen molar-refractivity contribution in [3.8, 4) is 11.3 Å². The van der Waals surface area contributed by atoms with E-state index in [9.17, 15) is 9.59 Å². The molecule has 0 saturated heterocycles. The van der Waals surface area contributed by atoms with Crippen LogP contribution in [-0.4, -0.2) is 53.2 Å². The molecule has 0 atom stereocenters. The molecule has 3 rings (SSSR count). The van der Waals surface area contributed by atoms with E-state index in [0.29, 0.717) is 22.5 Å². The Labute approximate surface area is 162 Å². The van der Waals surface area contributed by atoms with Crippen LogP contribution in [0.15, 0.2) is 53.3 Å². The van der Waals surface area contributed by atoms with Crippen molar-refractivity contribution in [1.82, 2.24) is 15.1 Å². The predicted molar refractivity (Wildman–Crippen MR) is 112 cm³/mol. The number of nitrogens with one attached hydrogen (secondary N) is 2. The number of benzene rings is 2. The monoisotopic (exact) mass is 382 g/mol. The Morgan fingerprint density at radius 2 is 1.93 bits per heavy atom. The van der Waals surface area contributed by atoms with Gasteiger partial charge in [-0.25, -0.2) is 5.10 Å². The largest absolute Gasteiger partial charge is 0.325 e. The first kappa shape index (κ1) is 19.1. The van der Waals surface area contributed by atoms with E-state index >= 15 is 0 Å². The number of aromatic nitrogens is 2. The van der Waals surface area contributed by atoms with Gasteiger partial charge in [0.05, 0.1) is 16.8 Å². The number of anilines is 1. The van der Waals surface area contributed by atoms with E-state index in [1.165, 1.54) is 0 Å². The number of carbonyl (C=O) groups excluding carboxylic acids is 1. The third-order valence-corrected chi connectivity index (χ3v) is 4.97. The molecule has 0 unspecified atom stereocenters. The highest BCUT2D eigenvalue weighted by Crippen LogP contribution is 2.26. The third-order valence-electron chi connectivity index (χ3n) is 4.03. The minimum absolute atomic E-state index is 0.0322. The molecule has 7 heteroatoms. The van der Waals surface area contributed by atoms with E-state index in [-0.39, 0.29) is 11.5 Å². The quantitative estimate of drug-likeness (QED) is 0.615. The lowest BCUT2D eigenvalue weighted by atomic mass is 10.0. The summed E-state index contributed by atoms with van der Waals surface area (Å²) >= 11 is 1.61. The molecule has 1 amide bonds. The molecule has 1 heterocycles. The number of H-pyrrole nitrogens is 1. The Morgan fingerprint density at radius 1 is 1.15 bits per heavy atom. The molecule has 27 heavy (non-hydrogen) atoms. The minimum atomic E-state index is -0.214. The molecule has 2 aromatic carbocycles. The first-order valence-electron chi connectivity index (χ1n) is 8.65. The maximum absolute atomic E-state index is 12.2. The molecule has 0 aliphatic heterocycles. The van der Waals surface area contributed by atoms with Gasteiger partial charge >= 0.3 is 0 Å². The van der Waals surface area contributed by atoms with Gasteiger partial charge in [-0.05, 0) is 32.3 Å². The molecular weight excluding hydrogens is 360 g/mol. The number of nitrogens with zero attached hydrogens (tertiary/aromatic N) is 2. The second-order valence-corrected chi connectivity index (χ2v) is 7.54. The van der Waals surface area contributed by atoms with E-state index in [0.717, 1.165) is 23.2 Å². The summed E-state index contributed by atoms with van der Waals surface area (Å²) in [6, 6.07) is 14.8. The van der Waals surface area contributed by atoms with Crippen LogP contribution < -0.4 is 10.9 Å². The zero-order chi connectivity index (χ0) is 19.2. The SMILES string of the molecule is CN(C)CCSCC(=O)Nc1cccc(-c2n[nH]c(=O)c3ccccc23)c1. The Bertz CT molecular complexity index is 1000. The van der Waals surface area contributed by atoms with Crippen molar-refractivity contribution in [2.75, 3.05) is 37.5 Å². The zero-order valence-corrected chi connectivity index (χ0v) is 16.2. The molecule has 3 aromatic rings. The molecule has 0 spiro atoms. The maximum atomic E-state index is 12.2. The Kier molecular flexibility index (Phi) is 6.26. The van der Waals surface area contributed by atoms with Gasteiger partial charge in [0, 0.05) is 28.9 Å². The van der Waals surface area contributed by atoms with Crippen LogP contribution in [-0.2, 0) is 4.79 Å². The van der Waals surface area contributed by atoms with Crippen LogP contribution in [0.5, 0.6) is 0 Å². The fraction of sp³-hybridized carbons (Fsp3) is 0.250. The summed E-state index contributed by atoms with van der Waals surface area (Å²) in [5.74, 6) is 1.29. The van der Waals surface area contributed by atoms with Gasteiger partial charge in [-0.1, -0.05) is 30.3 Å². The summed E-state index contributed by atoms with van der Waals surface area (Å²) in [4.78, 5) is 26.2. The minimum Gasteiger partial charge on any atom is -0.325 e. The number of rotatable bonds is 7. The molecule has 0 bridgehead atoms. The number of fused-ring (bicyclic) bond motifs is 1. The Morgan fingerprint density at radius 3 is 2.70 bits per heavy atom. The van der Waals surface area contributed by atoms with Crippen molar-refractivity contribution < 1.29 is 4.79 Å². The number of hydrogen-bond acceptors (Lipinski definition) is 5. The third kappa shape index (κ3) is 4.96. The predicted octanol–water partition coefficient (Wildman–Crippen LogP) is 2.82. The van der Waals surface area contributed by atoms with Crippen LogP contribution in [0.3, 0.4) is 0 Å². The van der Waals surface area contributed by atoms with Gasteiger partial charge in [0.15, 0.2) is 0 Å². The fourth-order valence-electron chi connectivity index (χ4n) is 2.69. The smallest absolute Gasteiger partial charge is 0.272 e. The molecular formula is C20H22N4O2S. The van der Waals surface area contributed by atoms with Gasteiger partial charge in [-0.3, -0.25) is 9.59 Å². The first-order chi connectivity index (χ1) is 13.0.